The molecule has 0 unspecified atom stereocenters. The van der Waals surface area contributed by atoms with Crippen molar-refractivity contribution in [1.82, 2.24) is 14.4 Å². The Morgan fingerprint density at radius 2 is 2.23 bits per heavy atom. The molecule has 5 heteroatoms. The number of fused-ring (bicyclic) bond motifs is 1. The van der Waals surface area contributed by atoms with Crippen LogP contribution in [0.15, 0.2) is 18.5 Å². The van der Waals surface area contributed by atoms with Gasteiger partial charge >= 0.3 is 0 Å². The van der Waals surface area contributed by atoms with Gasteiger partial charge in [-0.05, 0) is 13.0 Å². The summed E-state index contributed by atoms with van der Waals surface area (Å²) in [7, 11) is 0. The third-order valence-electron chi connectivity index (χ3n) is 1.72. The highest BCUT2D eigenvalue weighted by Crippen LogP contribution is 2.02. The van der Waals surface area contributed by atoms with E-state index in [4.69, 9.17) is 5.73 Å². The van der Waals surface area contributed by atoms with Gasteiger partial charge < -0.3 is 5.73 Å². The van der Waals surface area contributed by atoms with Crippen LogP contribution in [0.1, 0.15) is 11.4 Å². The molecule has 0 aromatic carbocycles. The number of aryl methyl sites for hydroxylation is 1. The lowest BCUT2D eigenvalue weighted by molar-refractivity contribution is 1.01. The van der Waals surface area contributed by atoms with Crippen LogP contribution in [0.3, 0.4) is 0 Å². The van der Waals surface area contributed by atoms with Crippen LogP contribution in [0, 0.1) is 6.92 Å². The minimum absolute atomic E-state index is 0. The quantitative estimate of drug-likeness (QED) is 0.742. The molecule has 2 heterocycles. The fourth-order valence-electron chi connectivity index (χ4n) is 1.11. The van der Waals surface area contributed by atoms with Gasteiger partial charge in [-0.15, -0.1) is 12.4 Å². The van der Waals surface area contributed by atoms with Crippen LogP contribution in [0.25, 0.3) is 5.78 Å². The van der Waals surface area contributed by atoms with E-state index in [2.05, 4.69) is 9.97 Å². The Morgan fingerprint density at radius 1 is 1.46 bits per heavy atom. The van der Waals surface area contributed by atoms with Crippen LogP contribution in [0.5, 0.6) is 0 Å². The van der Waals surface area contributed by atoms with E-state index in [1.165, 1.54) is 0 Å². The highest BCUT2D eigenvalue weighted by Gasteiger charge is 1.99. The van der Waals surface area contributed by atoms with Gasteiger partial charge in [0.25, 0.3) is 0 Å². The van der Waals surface area contributed by atoms with Gasteiger partial charge in [-0.25, -0.2) is 9.97 Å². The van der Waals surface area contributed by atoms with Crippen LogP contribution in [0.4, 0.5) is 0 Å². The summed E-state index contributed by atoms with van der Waals surface area (Å²) in [6, 6.07) is 1.94. The minimum Gasteiger partial charge on any atom is -0.325 e. The molecule has 0 aliphatic rings. The summed E-state index contributed by atoms with van der Waals surface area (Å²) in [6.07, 6.45) is 3.82. The first-order valence-electron chi connectivity index (χ1n) is 3.81. The third-order valence-corrected chi connectivity index (χ3v) is 1.72. The Kier molecular flexibility index (Phi) is 2.85. The molecule has 0 aliphatic heterocycles. The molecule has 13 heavy (non-hydrogen) atoms. The lowest BCUT2D eigenvalue weighted by Crippen LogP contribution is -1.95. The Hall–Kier alpha value is -1.13. The summed E-state index contributed by atoms with van der Waals surface area (Å²) in [5, 5.41) is 0. The summed E-state index contributed by atoms with van der Waals surface area (Å²) in [6.45, 7) is 2.40. The smallest absolute Gasteiger partial charge is 0.234 e. The van der Waals surface area contributed by atoms with E-state index < -0.39 is 0 Å². The minimum atomic E-state index is 0. The second-order valence-corrected chi connectivity index (χ2v) is 2.71. The molecule has 0 radical (unpaired) electrons. The van der Waals surface area contributed by atoms with Crippen molar-refractivity contribution in [3.8, 4) is 0 Å². The van der Waals surface area contributed by atoms with Crippen LogP contribution >= 0.6 is 12.4 Å². The van der Waals surface area contributed by atoms with Gasteiger partial charge in [0, 0.05) is 24.6 Å². The highest BCUT2D eigenvalue weighted by molar-refractivity contribution is 5.85. The van der Waals surface area contributed by atoms with Gasteiger partial charge in [0.1, 0.15) is 0 Å². The number of hydrogen-bond donors (Lipinski definition) is 1. The monoisotopic (exact) mass is 198 g/mol. The summed E-state index contributed by atoms with van der Waals surface area (Å²) in [4.78, 5) is 8.46. The van der Waals surface area contributed by atoms with E-state index in [0.717, 1.165) is 17.2 Å². The first-order chi connectivity index (χ1) is 5.79. The van der Waals surface area contributed by atoms with Gasteiger partial charge in [0.05, 0.1) is 5.69 Å². The molecule has 2 rings (SSSR count). The van der Waals surface area contributed by atoms with Crippen LogP contribution in [-0.4, -0.2) is 14.4 Å². The summed E-state index contributed by atoms with van der Waals surface area (Å²) in [5.41, 5.74) is 7.29. The van der Waals surface area contributed by atoms with Crippen molar-refractivity contribution in [3.05, 3.63) is 29.8 Å². The Bertz CT molecular complexity index is 409. The zero-order chi connectivity index (χ0) is 8.55. The Morgan fingerprint density at radius 3 is 2.92 bits per heavy atom. The van der Waals surface area contributed by atoms with Crippen molar-refractivity contribution in [2.45, 2.75) is 13.5 Å². The fraction of sp³-hybridized carbons (Fsp3) is 0.250. The van der Waals surface area contributed by atoms with Crippen molar-refractivity contribution >= 4 is 18.2 Å². The van der Waals surface area contributed by atoms with E-state index in [1.807, 2.05) is 29.8 Å². The predicted molar refractivity (Wildman–Crippen MR) is 52.9 cm³/mol. The lowest BCUT2D eigenvalue weighted by atomic mass is 10.5. The van der Waals surface area contributed by atoms with E-state index >= 15 is 0 Å². The molecule has 0 saturated carbocycles. The van der Waals surface area contributed by atoms with Crippen molar-refractivity contribution in [3.63, 3.8) is 0 Å². The molecule has 2 aromatic heterocycles. The Labute approximate surface area is 82.2 Å². The van der Waals surface area contributed by atoms with Gasteiger partial charge in [-0.2, -0.15) is 0 Å². The normalized spacial score (nSPS) is 10.0. The molecule has 2 N–H and O–H groups in total. The molecular formula is C8H11ClN4. The largest absolute Gasteiger partial charge is 0.325 e. The number of rotatable bonds is 1. The number of aromatic nitrogens is 3. The standard InChI is InChI=1S/C8H10N4.ClH/c1-6-2-3-12-5-7(4-9)11-8(12)10-6;/h2-3,5H,4,9H2,1H3;1H. The average molecular weight is 199 g/mol. The van der Waals surface area contributed by atoms with Crippen LogP contribution in [-0.2, 0) is 6.54 Å². The molecule has 70 valence electrons. The number of nitrogens with two attached hydrogens (primary N) is 1. The summed E-state index contributed by atoms with van der Waals surface area (Å²) < 4.78 is 1.87. The second-order valence-electron chi connectivity index (χ2n) is 2.71. The van der Waals surface area contributed by atoms with Crippen molar-refractivity contribution < 1.29 is 0 Å². The molecule has 0 fully saturated rings. The number of halogens is 1. The van der Waals surface area contributed by atoms with Crippen LogP contribution < -0.4 is 5.73 Å². The first-order valence-corrected chi connectivity index (χ1v) is 3.81. The number of imidazole rings is 1. The van der Waals surface area contributed by atoms with Crippen molar-refractivity contribution in [2.75, 3.05) is 0 Å². The molecule has 0 aliphatic carbocycles. The van der Waals surface area contributed by atoms with E-state index in [9.17, 15) is 0 Å². The highest BCUT2D eigenvalue weighted by atomic mass is 35.5. The maximum atomic E-state index is 5.45. The van der Waals surface area contributed by atoms with Crippen molar-refractivity contribution in [1.29, 1.82) is 0 Å². The maximum Gasteiger partial charge on any atom is 0.234 e. The van der Waals surface area contributed by atoms with Gasteiger partial charge in [0.15, 0.2) is 0 Å². The molecule has 0 atom stereocenters. The third kappa shape index (κ3) is 1.79. The van der Waals surface area contributed by atoms with Gasteiger partial charge in [0.2, 0.25) is 5.78 Å². The van der Waals surface area contributed by atoms with E-state index in [-0.39, 0.29) is 12.4 Å². The zero-order valence-corrected chi connectivity index (χ0v) is 8.08. The van der Waals surface area contributed by atoms with Crippen molar-refractivity contribution in [2.24, 2.45) is 5.73 Å². The lowest BCUT2D eigenvalue weighted by Gasteiger charge is -1.91. The average Bonchev–Trinajstić information content (AvgIpc) is 2.46. The molecule has 4 nitrogen and oxygen atoms in total. The van der Waals surface area contributed by atoms with E-state index in [0.29, 0.717) is 6.54 Å². The molecular weight excluding hydrogens is 188 g/mol. The summed E-state index contributed by atoms with van der Waals surface area (Å²) >= 11 is 0. The number of hydrogen-bond acceptors (Lipinski definition) is 3. The molecule has 0 amide bonds. The topological polar surface area (TPSA) is 56.2 Å². The molecule has 0 spiro atoms. The van der Waals surface area contributed by atoms with E-state index in [1.54, 1.807) is 0 Å². The Balaban J connectivity index is 0.000000845. The predicted octanol–water partition coefficient (Wildman–Crippen LogP) is 0.918. The second kappa shape index (κ2) is 3.72. The fourth-order valence-corrected chi connectivity index (χ4v) is 1.11. The SMILES string of the molecule is Cc1ccn2cc(CN)nc2n1.Cl. The van der Waals surface area contributed by atoms with Gasteiger partial charge in [-0.1, -0.05) is 0 Å². The molecule has 2 aromatic rings. The zero-order valence-electron chi connectivity index (χ0n) is 7.27. The number of nitrogens with zero attached hydrogens (tertiary/aromatic N) is 3. The van der Waals surface area contributed by atoms with Gasteiger partial charge in [-0.3, -0.25) is 4.40 Å². The first kappa shape index (κ1) is 9.95. The summed E-state index contributed by atoms with van der Waals surface area (Å²) in [5.74, 6) is 0.718. The maximum absolute atomic E-state index is 5.45. The van der Waals surface area contributed by atoms with Crippen LogP contribution in [0.2, 0.25) is 0 Å². The molecule has 0 bridgehead atoms. The molecule has 0 saturated heterocycles.